The topological polar surface area (TPSA) is 83.3 Å². The molecule has 5 heteroatoms. The molecule has 0 spiro atoms. The minimum absolute atomic E-state index is 0.109. The fourth-order valence-electron chi connectivity index (χ4n) is 4.03. The molecule has 0 fully saturated rings. The predicted molar refractivity (Wildman–Crippen MR) is 135 cm³/mol. The van der Waals surface area contributed by atoms with Gasteiger partial charge >= 0.3 is 0 Å². The lowest BCUT2D eigenvalue weighted by molar-refractivity contribution is -0.119. The van der Waals surface area contributed by atoms with Crippen LogP contribution >= 0.6 is 0 Å². The number of carbonyl (C=O) groups is 1. The molecular weight excluding hydrogens is 424 g/mol. The van der Waals surface area contributed by atoms with Crippen molar-refractivity contribution in [1.29, 1.82) is 0 Å². The van der Waals surface area contributed by atoms with E-state index in [-0.39, 0.29) is 17.3 Å². The molecule has 2 N–H and O–H groups in total. The van der Waals surface area contributed by atoms with Gasteiger partial charge in [-0.15, -0.1) is 0 Å². The Morgan fingerprint density at radius 3 is 1.56 bits per heavy atom. The number of carbonyl (C=O) groups excluding carboxylic acids is 1. The van der Waals surface area contributed by atoms with Gasteiger partial charge in [0.25, 0.3) is 0 Å². The molecule has 0 amide bonds. The van der Waals surface area contributed by atoms with Gasteiger partial charge in [0.1, 0.15) is 17.3 Å². The number of rotatable bonds is 8. The van der Waals surface area contributed by atoms with Crippen molar-refractivity contribution in [3.05, 3.63) is 118 Å². The van der Waals surface area contributed by atoms with E-state index in [0.29, 0.717) is 38.5 Å². The lowest BCUT2D eigenvalue weighted by Gasteiger charge is -2.15. The largest absolute Gasteiger partial charge is 0.508 e. The Kier molecular flexibility index (Phi) is 7.66. The minimum Gasteiger partial charge on any atom is -0.508 e. The summed E-state index contributed by atoms with van der Waals surface area (Å²) in [4.78, 5) is 20.6. The van der Waals surface area contributed by atoms with E-state index in [9.17, 15) is 15.0 Å². The number of aliphatic hydroxyl groups is 2. The van der Waals surface area contributed by atoms with E-state index in [2.05, 4.69) is 22.1 Å². The normalized spacial score (nSPS) is 18.2. The zero-order valence-corrected chi connectivity index (χ0v) is 19.0. The number of Topliss-reactive ketones (excluding diaryl/α,β-unsaturated/α-hetero) is 1. The first-order valence-corrected chi connectivity index (χ1v) is 11.5. The first-order valence-electron chi connectivity index (χ1n) is 11.5. The molecule has 2 heterocycles. The van der Waals surface area contributed by atoms with Gasteiger partial charge in [-0.3, -0.25) is 14.8 Å². The number of pyridine rings is 2. The van der Waals surface area contributed by atoms with Gasteiger partial charge in [0.05, 0.1) is 0 Å². The van der Waals surface area contributed by atoms with Crippen LogP contribution in [-0.2, 0) is 4.79 Å². The van der Waals surface area contributed by atoms with Gasteiger partial charge in [0.2, 0.25) is 0 Å². The Bertz CT molecular complexity index is 1120. The van der Waals surface area contributed by atoms with Crippen LogP contribution in [0, 0.1) is 0 Å². The molecule has 4 rings (SSSR count). The van der Waals surface area contributed by atoms with Gasteiger partial charge in [-0.25, -0.2) is 0 Å². The monoisotopic (exact) mass is 452 g/mol. The second-order valence-electron chi connectivity index (χ2n) is 8.46. The van der Waals surface area contributed by atoms with E-state index in [0.717, 1.165) is 33.4 Å². The maximum Gasteiger partial charge on any atom is 0.133 e. The first kappa shape index (κ1) is 23.2. The molecule has 172 valence electrons. The summed E-state index contributed by atoms with van der Waals surface area (Å²) in [5, 5.41) is 20.5. The highest BCUT2D eigenvalue weighted by molar-refractivity contribution is 5.79. The molecule has 2 aromatic rings. The van der Waals surface area contributed by atoms with Gasteiger partial charge in [0.15, 0.2) is 0 Å². The van der Waals surface area contributed by atoms with Crippen molar-refractivity contribution < 1.29 is 15.0 Å². The molecule has 0 radical (unpaired) electrons. The van der Waals surface area contributed by atoms with Crippen LogP contribution in [-0.4, -0.2) is 26.0 Å². The average molecular weight is 453 g/mol. The van der Waals surface area contributed by atoms with Gasteiger partial charge < -0.3 is 10.2 Å². The first-order chi connectivity index (χ1) is 16.6. The lowest BCUT2D eigenvalue weighted by atomic mass is 9.92. The maximum absolute atomic E-state index is 12.6. The SMILES string of the molecule is O=C(CCC1=CC(=Cc2ccncc2)CC=C1O)CCC1=CC(=Cc2ccncc2)CC=C1O. The quantitative estimate of drug-likeness (QED) is 0.470. The number of aliphatic hydroxyl groups excluding tert-OH is 2. The van der Waals surface area contributed by atoms with E-state index in [1.165, 1.54) is 0 Å². The number of aromatic nitrogens is 2. The molecule has 0 aliphatic heterocycles. The summed E-state index contributed by atoms with van der Waals surface area (Å²) in [6.07, 6.45) is 21.6. The highest BCUT2D eigenvalue weighted by Crippen LogP contribution is 2.28. The Morgan fingerprint density at radius 2 is 1.15 bits per heavy atom. The van der Waals surface area contributed by atoms with Crippen molar-refractivity contribution in [1.82, 2.24) is 9.97 Å². The second-order valence-corrected chi connectivity index (χ2v) is 8.46. The molecule has 0 saturated carbocycles. The van der Waals surface area contributed by atoms with Crippen LogP contribution < -0.4 is 0 Å². The smallest absolute Gasteiger partial charge is 0.133 e. The Labute approximate surface area is 199 Å². The molecular formula is C29H28N2O3. The van der Waals surface area contributed by atoms with E-state index < -0.39 is 0 Å². The number of hydrogen-bond donors (Lipinski definition) is 2. The van der Waals surface area contributed by atoms with Crippen molar-refractivity contribution >= 4 is 17.9 Å². The highest BCUT2D eigenvalue weighted by Gasteiger charge is 2.15. The summed E-state index contributed by atoms with van der Waals surface area (Å²) < 4.78 is 0. The Morgan fingerprint density at radius 1 is 0.735 bits per heavy atom. The Hall–Kier alpha value is -3.99. The zero-order valence-electron chi connectivity index (χ0n) is 19.0. The summed E-state index contributed by atoms with van der Waals surface area (Å²) in [7, 11) is 0. The van der Waals surface area contributed by atoms with Crippen molar-refractivity contribution in [2.45, 2.75) is 38.5 Å². The second kappa shape index (κ2) is 11.2. The minimum atomic E-state index is 0.109. The number of nitrogens with zero attached hydrogens (tertiary/aromatic N) is 2. The molecule has 34 heavy (non-hydrogen) atoms. The standard InChI is InChI=1S/C29H28N2O3/c32-27(5-3-25-19-23(1-7-28(25)33)17-21-9-13-30-14-10-21)6-4-26-20-24(2-8-29(26)34)18-22-11-15-31-16-12-22/h7-20,33-34H,1-6H2. The van der Waals surface area contributed by atoms with Crippen molar-refractivity contribution in [3.63, 3.8) is 0 Å². The van der Waals surface area contributed by atoms with E-state index in [1.807, 2.05) is 36.4 Å². The molecule has 0 saturated heterocycles. The lowest BCUT2D eigenvalue weighted by Crippen LogP contribution is -2.04. The molecule has 2 aliphatic carbocycles. The van der Waals surface area contributed by atoms with Crippen LogP contribution in [0.15, 0.2) is 107 Å². The molecule has 0 unspecified atom stereocenters. The number of ketones is 1. The highest BCUT2D eigenvalue weighted by atomic mass is 16.3. The third-order valence-corrected chi connectivity index (χ3v) is 5.90. The third-order valence-electron chi connectivity index (χ3n) is 5.90. The molecule has 0 bridgehead atoms. The Balaban J connectivity index is 1.33. The summed E-state index contributed by atoms with van der Waals surface area (Å²) >= 11 is 0. The van der Waals surface area contributed by atoms with Crippen LogP contribution in [0.2, 0.25) is 0 Å². The molecule has 0 atom stereocenters. The molecule has 2 aliphatic rings. The van der Waals surface area contributed by atoms with Crippen LogP contribution in [0.5, 0.6) is 0 Å². The molecule has 0 aromatic carbocycles. The summed E-state index contributed by atoms with van der Waals surface area (Å²) in [6.45, 7) is 0. The van der Waals surface area contributed by atoms with Crippen molar-refractivity contribution in [3.8, 4) is 0 Å². The van der Waals surface area contributed by atoms with Gasteiger partial charge in [-0.05, 0) is 95.5 Å². The number of allylic oxidation sites excluding steroid dienone is 8. The third kappa shape index (κ3) is 6.51. The van der Waals surface area contributed by atoms with Gasteiger partial charge in [-0.1, -0.05) is 24.3 Å². The molecule has 5 nitrogen and oxygen atoms in total. The summed E-state index contributed by atoms with van der Waals surface area (Å²) in [5.74, 6) is 0.611. The van der Waals surface area contributed by atoms with Crippen LogP contribution in [0.4, 0.5) is 0 Å². The fourth-order valence-corrected chi connectivity index (χ4v) is 4.03. The van der Waals surface area contributed by atoms with Gasteiger partial charge in [-0.2, -0.15) is 0 Å². The number of hydrogen-bond acceptors (Lipinski definition) is 5. The van der Waals surface area contributed by atoms with Crippen LogP contribution in [0.3, 0.4) is 0 Å². The average Bonchev–Trinajstić information content (AvgIpc) is 2.86. The van der Waals surface area contributed by atoms with Crippen LogP contribution in [0.1, 0.15) is 49.7 Å². The van der Waals surface area contributed by atoms with E-state index >= 15 is 0 Å². The fraction of sp³-hybridized carbons (Fsp3) is 0.207. The maximum atomic E-state index is 12.6. The van der Waals surface area contributed by atoms with E-state index in [4.69, 9.17) is 0 Å². The van der Waals surface area contributed by atoms with Crippen molar-refractivity contribution in [2.24, 2.45) is 0 Å². The van der Waals surface area contributed by atoms with Gasteiger partial charge in [0, 0.05) is 37.6 Å². The summed E-state index contributed by atoms with van der Waals surface area (Å²) in [5.41, 5.74) is 5.84. The molecule has 2 aromatic heterocycles. The van der Waals surface area contributed by atoms with E-state index in [1.54, 1.807) is 36.9 Å². The zero-order chi connectivity index (χ0) is 23.8. The summed E-state index contributed by atoms with van der Waals surface area (Å²) in [6, 6.07) is 7.74. The predicted octanol–water partition coefficient (Wildman–Crippen LogP) is 6.62. The van der Waals surface area contributed by atoms with Crippen molar-refractivity contribution in [2.75, 3.05) is 0 Å². The van der Waals surface area contributed by atoms with Crippen LogP contribution in [0.25, 0.3) is 12.2 Å².